The van der Waals surface area contributed by atoms with Crippen LogP contribution in [-0.2, 0) is 4.74 Å². The molecule has 1 saturated carbocycles. The molecule has 4 rings (SSSR count). The molecule has 0 N–H and O–H groups in total. The molecule has 5 heteroatoms. The van der Waals surface area contributed by atoms with Crippen LogP contribution in [-0.4, -0.2) is 42.3 Å². The zero-order valence-corrected chi connectivity index (χ0v) is 18.3. The topological polar surface area (TPSA) is 63.7 Å². The molecule has 0 saturated heterocycles. The van der Waals surface area contributed by atoms with Crippen LogP contribution in [0.3, 0.4) is 0 Å². The summed E-state index contributed by atoms with van der Waals surface area (Å²) in [7, 11) is 1.80. The Morgan fingerprint density at radius 1 is 0.844 bits per heavy atom. The Balaban J connectivity index is 1.45. The monoisotopic (exact) mass is 429 g/mol. The van der Waals surface area contributed by atoms with Crippen LogP contribution in [0.15, 0.2) is 66.7 Å². The zero-order chi connectivity index (χ0) is 22.5. The summed E-state index contributed by atoms with van der Waals surface area (Å²) in [5, 5.41) is 1.99. The number of carbonyl (C=O) groups excluding carboxylic acids is 3. The molecule has 1 aliphatic rings. The number of ether oxygens (including phenoxy) is 1. The maximum Gasteiger partial charge on any atom is 0.339 e. The molecule has 3 aromatic carbocycles. The number of fused-ring (bicyclic) bond motifs is 1. The Morgan fingerprint density at radius 2 is 1.50 bits per heavy atom. The smallest absolute Gasteiger partial charge is 0.339 e. The maximum atomic E-state index is 13.1. The number of carbonyl (C=O) groups is 3. The molecule has 0 atom stereocenters. The molecule has 164 valence electrons. The molecule has 0 bridgehead atoms. The van der Waals surface area contributed by atoms with Crippen LogP contribution >= 0.6 is 0 Å². The van der Waals surface area contributed by atoms with Crippen molar-refractivity contribution in [2.75, 3.05) is 13.7 Å². The van der Waals surface area contributed by atoms with Crippen LogP contribution in [0.1, 0.15) is 63.2 Å². The predicted octanol–water partition coefficient (Wildman–Crippen LogP) is 5.28. The highest BCUT2D eigenvalue weighted by atomic mass is 16.5. The minimum absolute atomic E-state index is 0.187. The summed E-state index contributed by atoms with van der Waals surface area (Å²) in [6, 6.07) is 20.0. The van der Waals surface area contributed by atoms with Gasteiger partial charge in [-0.3, -0.25) is 9.59 Å². The first kappa shape index (κ1) is 21.8. The highest BCUT2D eigenvalue weighted by molar-refractivity contribution is 6.06. The van der Waals surface area contributed by atoms with E-state index in [1.54, 1.807) is 48.3 Å². The summed E-state index contributed by atoms with van der Waals surface area (Å²) in [6.07, 6.45) is 5.39. The molecule has 1 amide bonds. The number of rotatable bonds is 6. The minimum Gasteiger partial charge on any atom is -0.454 e. The Labute approximate surface area is 188 Å². The fraction of sp³-hybridized carbons (Fsp3) is 0.296. The third-order valence-electron chi connectivity index (χ3n) is 6.23. The van der Waals surface area contributed by atoms with E-state index in [-0.39, 0.29) is 29.9 Å². The molecule has 32 heavy (non-hydrogen) atoms. The van der Waals surface area contributed by atoms with E-state index in [0.29, 0.717) is 11.1 Å². The van der Waals surface area contributed by atoms with Gasteiger partial charge in [0.05, 0.1) is 11.1 Å². The first-order chi connectivity index (χ1) is 15.5. The largest absolute Gasteiger partial charge is 0.454 e. The Kier molecular flexibility index (Phi) is 6.64. The van der Waals surface area contributed by atoms with Gasteiger partial charge in [0.1, 0.15) is 0 Å². The molecular weight excluding hydrogens is 402 g/mol. The summed E-state index contributed by atoms with van der Waals surface area (Å²) in [5.41, 5.74) is 0.980. The van der Waals surface area contributed by atoms with Crippen molar-refractivity contribution in [3.8, 4) is 0 Å². The molecule has 0 aromatic heterocycles. The quantitative estimate of drug-likeness (QED) is 0.395. The van der Waals surface area contributed by atoms with Crippen molar-refractivity contribution >= 4 is 28.4 Å². The zero-order valence-electron chi connectivity index (χ0n) is 18.3. The Hall–Kier alpha value is -3.47. The van der Waals surface area contributed by atoms with E-state index in [1.807, 2.05) is 30.3 Å². The normalized spacial score (nSPS) is 14.2. The molecule has 0 radical (unpaired) electrons. The summed E-state index contributed by atoms with van der Waals surface area (Å²) in [4.78, 5) is 40.2. The number of benzene rings is 3. The highest BCUT2D eigenvalue weighted by Gasteiger charge is 2.26. The number of nitrogens with zero attached hydrogens (tertiary/aromatic N) is 1. The number of hydrogen-bond donors (Lipinski definition) is 0. The lowest BCUT2D eigenvalue weighted by Crippen LogP contribution is -2.39. The summed E-state index contributed by atoms with van der Waals surface area (Å²) < 4.78 is 5.31. The van der Waals surface area contributed by atoms with Crippen molar-refractivity contribution in [3.05, 3.63) is 83.4 Å². The highest BCUT2D eigenvalue weighted by Crippen LogP contribution is 2.24. The fourth-order valence-corrected chi connectivity index (χ4v) is 4.33. The summed E-state index contributed by atoms with van der Waals surface area (Å²) in [6.45, 7) is -0.377. The third kappa shape index (κ3) is 4.72. The van der Waals surface area contributed by atoms with Crippen LogP contribution in [0, 0.1) is 0 Å². The van der Waals surface area contributed by atoms with Gasteiger partial charge in [0, 0.05) is 18.7 Å². The van der Waals surface area contributed by atoms with Crippen LogP contribution in [0.5, 0.6) is 0 Å². The van der Waals surface area contributed by atoms with Crippen molar-refractivity contribution < 1.29 is 19.1 Å². The molecular formula is C27H27NO4. The molecule has 1 fully saturated rings. The molecule has 0 heterocycles. The van der Waals surface area contributed by atoms with Crippen molar-refractivity contribution in [2.45, 2.75) is 38.1 Å². The van der Waals surface area contributed by atoms with Gasteiger partial charge in [-0.2, -0.15) is 0 Å². The molecule has 0 spiro atoms. The van der Waals surface area contributed by atoms with Gasteiger partial charge in [-0.25, -0.2) is 4.79 Å². The van der Waals surface area contributed by atoms with Crippen LogP contribution in [0.2, 0.25) is 0 Å². The van der Waals surface area contributed by atoms with Crippen LogP contribution in [0.25, 0.3) is 10.8 Å². The fourth-order valence-electron chi connectivity index (χ4n) is 4.33. The van der Waals surface area contributed by atoms with Gasteiger partial charge in [-0.1, -0.05) is 67.8 Å². The van der Waals surface area contributed by atoms with Gasteiger partial charge in [-0.05, 0) is 41.8 Å². The summed E-state index contributed by atoms with van der Waals surface area (Å²) in [5.74, 6) is -1.14. The van der Waals surface area contributed by atoms with Crippen molar-refractivity contribution in [2.24, 2.45) is 0 Å². The average molecular weight is 430 g/mol. The number of amides is 1. The lowest BCUT2D eigenvalue weighted by molar-refractivity contribution is 0.0469. The van der Waals surface area contributed by atoms with Gasteiger partial charge in [-0.15, -0.1) is 0 Å². The van der Waals surface area contributed by atoms with E-state index in [0.717, 1.165) is 36.5 Å². The second kappa shape index (κ2) is 9.77. The van der Waals surface area contributed by atoms with Gasteiger partial charge in [0.2, 0.25) is 0 Å². The summed E-state index contributed by atoms with van der Waals surface area (Å²) >= 11 is 0. The van der Waals surface area contributed by atoms with E-state index in [4.69, 9.17) is 4.74 Å². The Bertz CT molecular complexity index is 1150. The molecule has 3 aromatic rings. The van der Waals surface area contributed by atoms with Crippen molar-refractivity contribution in [1.82, 2.24) is 4.90 Å². The standard InChI is InChI=1S/C27H27NO4/c1-28(22-11-3-2-4-12-22)26(30)23-13-7-8-14-24(23)27(31)32-18-25(29)21-16-15-19-9-5-6-10-20(19)17-21/h5-10,13-17,22H,2-4,11-12,18H2,1H3. The van der Waals surface area contributed by atoms with Crippen LogP contribution in [0.4, 0.5) is 0 Å². The average Bonchev–Trinajstić information content (AvgIpc) is 2.86. The first-order valence-electron chi connectivity index (χ1n) is 11.1. The SMILES string of the molecule is CN(C(=O)c1ccccc1C(=O)OCC(=O)c1ccc2ccccc2c1)C1CCCCC1. The van der Waals surface area contributed by atoms with E-state index >= 15 is 0 Å². The van der Waals surface area contributed by atoms with Crippen molar-refractivity contribution in [3.63, 3.8) is 0 Å². The molecule has 1 aliphatic carbocycles. The number of Topliss-reactive ketones (excluding diaryl/α,β-unsaturated/α-hetero) is 1. The predicted molar refractivity (Wildman–Crippen MR) is 124 cm³/mol. The maximum absolute atomic E-state index is 13.1. The number of hydrogen-bond acceptors (Lipinski definition) is 4. The van der Waals surface area contributed by atoms with Gasteiger partial charge in [0.25, 0.3) is 5.91 Å². The van der Waals surface area contributed by atoms with Crippen molar-refractivity contribution in [1.29, 1.82) is 0 Å². The number of esters is 1. The van der Waals surface area contributed by atoms with E-state index in [2.05, 4.69) is 0 Å². The van der Waals surface area contributed by atoms with Gasteiger partial charge in [0.15, 0.2) is 12.4 Å². The van der Waals surface area contributed by atoms with E-state index in [9.17, 15) is 14.4 Å². The van der Waals surface area contributed by atoms with Gasteiger partial charge >= 0.3 is 5.97 Å². The molecule has 5 nitrogen and oxygen atoms in total. The first-order valence-corrected chi connectivity index (χ1v) is 11.1. The minimum atomic E-state index is -0.667. The van der Waals surface area contributed by atoms with E-state index in [1.165, 1.54) is 6.42 Å². The lowest BCUT2D eigenvalue weighted by atomic mass is 9.94. The van der Waals surface area contributed by atoms with Crippen LogP contribution < -0.4 is 0 Å². The Morgan fingerprint density at radius 3 is 2.25 bits per heavy atom. The second-order valence-electron chi connectivity index (χ2n) is 8.31. The second-order valence-corrected chi connectivity index (χ2v) is 8.31. The van der Waals surface area contributed by atoms with E-state index < -0.39 is 5.97 Å². The molecule has 0 unspecified atom stereocenters. The number of ketones is 1. The lowest BCUT2D eigenvalue weighted by Gasteiger charge is -2.31. The van der Waals surface area contributed by atoms with Gasteiger partial charge < -0.3 is 9.64 Å². The third-order valence-corrected chi connectivity index (χ3v) is 6.23. The molecule has 0 aliphatic heterocycles.